The topological polar surface area (TPSA) is 82.6 Å². The molecule has 7 heteroatoms. The second-order valence-electron chi connectivity index (χ2n) is 6.44. The Hall–Kier alpha value is -2.57. The van der Waals surface area contributed by atoms with Crippen LogP contribution < -0.4 is 5.32 Å². The monoisotopic (exact) mass is 343 g/mol. The lowest BCUT2D eigenvalue weighted by atomic mass is 9.99. The summed E-state index contributed by atoms with van der Waals surface area (Å²) in [4.78, 5) is 26.2. The van der Waals surface area contributed by atoms with E-state index in [4.69, 9.17) is 4.74 Å². The number of imidazole rings is 1. The van der Waals surface area contributed by atoms with Crippen molar-refractivity contribution in [3.63, 3.8) is 0 Å². The van der Waals surface area contributed by atoms with Gasteiger partial charge in [0.05, 0.1) is 24.1 Å². The van der Waals surface area contributed by atoms with Gasteiger partial charge < -0.3 is 19.9 Å². The molecule has 0 aliphatic carbocycles. The zero-order chi connectivity index (χ0) is 17.8. The Balaban J connectivity index is 1.55. The predicted octanol–water partition coefficient (Wildman–Crippen LogP) is 1.42. The van der Waals surface area contributed by atoms with Crippen molar-refractivity contribution in [1.82, 2.24) is 20.2 Å². The maximum Gasteiger partial charge on any atom is 0.310 e. The minimum atomic E-state index is -0.146. The van der Waals surface area contributed by atoms with Crippen molar-refractivity contribution in [2.24, 2.45) is 16.8 Å². The summed E-state index contributed by atoms with van der Waals surface area (Å²) in [5, 5.41) is 3.37. The van der Waals surface area contributed by atoms with E-state index < -0.39 is 0 Å². The maximum atomic E-state index is 11.8. The van der Waals surface area contributed by atoms with Crippen LogP contribution in [-0.2, 0) is 16.0 Å². The molecule has 2 heterocycles. The molecule has 1 aromatic carbocycles. The summed E-state index contributed by atoms with van der Waals surface area (Å²) in [6.45, 7) is 4.23. The van der Waals surface area contributed by atoms with Crippen LogP contribution in [0.1, 0.15) is 12.7 Å². The summed E-state index contributed by atoms with van der Waals surface area (Å²) in [6.07, 6.45) is 0.775. The first-order valence-corrected chi connectivity index (χ1v) is 8.59. The molecule has 0 amide bonds. The van der Waals surface area contributed by atoms with Gasteiger partial charge in [0.15, 0.2) is 5.96 Å². The molecule has 1 aliphatic rings. The van der Waals surface area contributed by atoms with E-state index in [1.165, 1.54) is 7.11 Å². The quantitative estimate of drug-likeness (QED) is 0.498. The first-order chi connectivity index (χ1) is 12.1. The second-order valence-corrected chi connectivity index (χ2v) is 6.44. The Morgan fingerprint density at radius 3 is 2.96 bits per heavy atom. The number of esters is 1. The Labute approximate surface area is 147 Å². The van der Waals surface area contributed by atoms with Gasteiger partial charge in [0, 0.05) is 33.1 Å². The van der Waals surface area contributed by atoms with Gasteiger partial charge in [-0.1, -0.05) is 19.1 Å². The van der Waals surface area contributed by atoms with Gasteiger partial charge in [0.2, 0.25) is 0 Å². The van der Waals surface area contributed by atoms with Crippen LogP contribution in [0.25, 0.3) is 11.0 Å². The van der Waals surface area contributed by atoms with Gasteiger partial charge in [0.1, 0.15) is 5.82 Å². The van der Waals surface area contributed by atoms with Gasteiger partial charge in [-0.05, 0) is 18.1 Å². The Bertz CT molecular complexity index is 737. The summed E-state index contributed by atoms with van der Waals surface area (Å²) in [5.74, 6) is 1.77. The molecule has 1 aromatic heterocycles. The van der Waals surface area contributed by atoms with Crippen molar-refractivity contribution < 1.29 is 9.53 Å². The summed E-state index contributed by atoms with van der Waals surface area (Å²) >= 11 is 0. The third-order valence-corrected chi connectivity index (χ3v) is 4.71. The number of rotatable bonds is 4. The molecule has 0 radical (unpaired) electrons. The van der Waals surface area contributed by atoms with E-state index in [9.17, 15) is 4.79 Å². The highest BCUT2D eigenvalue weighted by Crippen LogP contribution is 2.24. The molecular weight excluding hydrogens is 318 g/mol. The van der Waals surface area contributed by atoms with Crippen LogP contribution in [0.15, 0.2) is 29.3 Å². The number of nitrogens with zero attached hydrogens (tertiary/aromatic N) is 3. The van der Waals surface area contributed by atoms with Crippen molar-refractivity contribution in [1.29, 1.82) is 0 Å². The van der Waals surface area contributed by atoms with E-state index in [1.54, 1.807) is 7.05 Å². The summed E-state index contributed by atoms with van der Waals surface area (Å²) in [5.41, 5.74) is 2.03. The van der Waals surface area contributed by atoms with Gasteiger partial charge in [0.25, 0.3) is 0 Å². The Kier molecular flexibility index (Phi) is 5.21. The SMILES string of the molecule is CN=C(NCCc1nc2ccccc2[nH]1)N1CC(C)C(C(=O)OC)C1. The fourth-order valence-corrected chi connectivity index (χ4v) is 3.35. The third-order valence-electron chi connectivity index (χ3n) is 4.71. The number of nitrogens with one attached hydrogen (secondary N) is 2. The minimum Gasteiger partial charge on any atom is -0.469 e. The molecule has 7 nitrogen and oxygen atoms in total. The fraction of sp³-hybridized carbons (Fsp3) is 0.500. The van der Waals surface area contributed by atoms with Crippen LogP contribution in [0.4, 0.5) is 0 Å². The average Bonchev–Trinajstić information content (AvgIpc) is 3.21. The Morgan fingerprint density at radius 1 is 1.44 bits per heavy atom. The summed E-state index contributed by atoms with van der Waals surface area (Å²) in [6, 6.07) is 8.01. The highest BCUT2D eigenvalue weighted by atomic mass is 16.5. The number of ether oxygens (including phenoxy) is 1. The number of H-pyrrole nitrogens is 1. The van der Waals surface area contributed by atoms with Gasteiger partial charge in [-0.3, -0.25) is 9.79 Å². The normalized spacial score (nSPS) is 20.9. The number of benzene rings is 1. The first kappa shape index (κ1) is 17.3. The summed E-state index contributed by atoms with van der Waals surface area (Å²) < 4.78 is 4.90. The van der Waals surface area contributed by atoms with Crippen LogP contribution >= 0.6 is 0 Å². The largest absolute Gasteiger partial charge is 0.469 e. The molecule has 3 rings (SSSR count). The average molecular weight is 343 g/mol. The number of carbonyl (C=O) groups is 1. The smallest absolute Gasteiger partial charge is 0.310 e. The molecule has 2 atom stereocenters. The number of carbonyl (C=O) groups excluding carboxylic acids is 1. The zero-order valence-corrected chi connectivity index (χ0v) is 15.0. The number of aliphatic imine (C=N–C) groups is 1. The zero-order valence-electron chi connectivity index (χ0n) is 15.0. The number of likely N-dealkylation sites (tertiary alicyclic amines) is 1. The maximum absolute atomic E-state index is 11.8. The molecule has 134 valence electrons. The van der Waals surface area contributed by atoms with Crippen molar-refractivity contribution in [3.8, 4) is 0 Å². The van der Waals surface area contributed by atoms with E-state index in [0.717, 1.165) is 42.3 Å². The van der Waals surface area contributed by atoms with Gasteiger partial charge in [-0.15, -0.1) is 0 Å². The number of methoxy groups -OCH3 is 1. The predicted molar refractivity (Wildman–Crippen MR) is 97.4 cm³/mol. The first-order valence-electron chi connectivity index (χ1n) is 8.59. The lowest BCUT2D eigenvalue weighted by Gasteiger charge is -2.21. The lowest BCUT2D eigenvalue weighted by Crippen LogP contribution is -2.41. The third kappa shape index (κ3) is 3.75. The molecule has 1 aliphatic heterocycles. The van der Waals surface area contributed by atoms with E-state index >= 15 is 0 Å². The van der Waals surface area contributed by atoms with Gasteiger partial charge in [-0.2, -0.15) is 0 Å². The standard InChI is InChI=1S/C18H25N5O2/c1-12-10-23(11-13(12)17(24)25-3)18(19-2)20-9-8-16-21-14-6-4-5-7-15(14)22-16/h4-7,12-13H,8-11H2,1-3H3,(H,19,20)(H,21,22). The van der Waals surface area contributed by atoms with Crippen molar-refractivity contribution in [3.05, 3.63) is 30.1 Å². The van der Waals surface area contributed by atoms with Crippen LogP contribution in [-0.4, -0.2) is 60.6 Å². The second kappa shape index (κ2) is 7.55. The highest BCUT2D eigenvalue weighted by molar-refractivity contribution is 5.82. The number of aromatic nitrogens is 2. The number of para-hydroxylation sites is 2. The van der Waals surface area contributed by atoms with Gasteiger partial charge in [-0.25, -0.2) is 4.98 Å². The molecule has 1 saturated heterocycles. The molecule has 2 N–H and O–H groups in total. The molecule has 25 heavy (non-hydrogen) atoms. The number of hydrogen-bond donors (Lipinski definition) is 2. The molecular formula is C18H25N5O2. The van der Waals surface area contributed by atoms with E-state index in [2.05, 4.69) is 32.1 Å². The van der Waals surface area contributed by atoms with Crippen LogP contribution in [0.5, 0.6) is 0 Å². The van der Waals surface area contributed by atoms with E-state index in [0.29, 0.717) is 6.54 Å². The fourth-order valence-electron chi connectivity index (χ4n) is 3.35. The molecule has 0 spiro atoms. The van der Waals surface area contributed by atoms with E-state index in [-0.39, 0.29) is 17.8 Å². The van der Waals surface area contributed by atoms with Crippen molar-refractivity contribution in [2.75, 3.05) is 33.8 Å². The highest BCUT2D eigenvalue weighted by Gasteiger charge is 2.36. The van der Waals surface area contributed by atoms with Crippen molar-refractivity contribution in [2.45, 2.75) is 13.3 Å². The number of guanidine groups is 1. The van der Waals surface area contributed by atoms with Crippen LogP contribution in [0, 0.1) is 11.8 Å². The molecule has 0 bridgehead atoms. The minimum absolute atomic E-state index is 0.0982. The molecule has 2 aromatic rings. The van der Waals surface area contributed by atoms with Crippen LogP contribution in [0.3, 0.4) is 0 Å². The molecule has 2 unspecified atom stereocenters. The molecule has 1 fully saturated rings. The summed E-state index contributed by atoms with van der Waals surface area (Å²) in [7, 11) is 3.21. The Morgan fingerprint density at radius 2 is 2.24 bits per heavy atom. The number of aromatic amines is 1. The number of hydrogen-bond acceptors (Lipinski definition) is 4. The lowest BCUT2D eigenvalue weighted by molar-refractivity contribution is -0.145. The number of fused-ring (bicyclic) bond motifs is 1. The molecule has 0 saturated carbocycles. The van der Waals surface area contributed by atoms with Crippen molar-refractivity contribution >= 4 is 23.0 Å². The van der Waals surface area contributed by atoms with Crippen LogP contribution in [0.2, 0.25) is 0 Å². The van der Waals surface area contributed by atoms with Gasteiger partial charge >= 0.3 is 5.97 Å². The van der Waals surface area contributed by atoms with E-state index in [1.807, 2.05) is 24.3 Å².